The number of hydrogen-bond acceptors (Lipinski definition) is 1. The van der Waals surface area contributed by atoms with Crippen LogP contribution in [0.25, 0.3) is 6.08 Å². The lowest BCUT2D eigenvalue weighted by Crippen LogP contribution is -2.19. The van der Waals surface area contributed by atoms with Gasteiger partial charge in [0.1, 0.15) is 11.9 Å². The molecule has 19 heavy (non-hydrogen) atoms. The van der Waals surface area contributed by atoms with Gasteiger partial charge in [0.25, 0.3) is 0 Å². The average Bonchev–Trinajstić information content (AvgIpc) is 2.79. The van der Waals surface area contributed by atoms with E-state index in [1.807, 2.05) is 0 Å². The van der Waals surface area contributed by atoms with Crippen LogP contribution in [0.1, 0.15) is 44.1 Å². The molecule has 0 radical (unpaired) electrons. The lowest BCUT2D eigenvalue weighted by Gasteiger charge is -2.22. The summed E-state index contributed by atoms with van der Waals surface area (Å²) in [7, 11) is 0. The standard InChI is InChI=1S/C18H22O/c1-2-4-9-15(8-3-1)14-17-12-7-11-16-10-5-6-13-18(16)19-17/h1-2,5-7,10-11,13,15,17H,3-4,8-9,12,14H2. The van der Waals surface area contributed by atoms with Gasteiger partial charge in [0.05, 0.1) is 0 Å². The molecule has 0 saturated carbocycles. The van der Waals surface area contributed by atoms with Crippen LogP contribution in [0, 0.1) is 5.92 Å². The molecule has 0 amide bonds. The smallest absolute Gasteiger partial charge is 0.126 e. The van der Waals surface area contributed by atoms with Crippen LogP contribution < -0.4 is 4.74 Å². The highest BCUT2D eigenvalue weighted by Gasteiger charge is 2.19. The highest BCUT2D eigenvalue weighted by Crippen LogP contribution is 2.30. The molecule has 0 bridgehead atoms. The molecular formula is C18H22O. The van der Waals surface area contributed by atoms with E-state index in [4.69, 9.17) is 4.74 Å². The van der Waals surface area contributed by atoms with Gasteiger partial charge in [-0.15, -0.1) is 0 Å². The molecule has 1 unspecified atom stereocenters. The molecule has 1 aromatic carbocycles. The third-order valence-electron chi connectivity index (χ3n) is 4.16. The molecule has 0 spiro atoms. The predicted octanol–water partition coefficient (Wildman–Crippen LogP) is 4.99. The van der Waals surface area contributed by atoms with Crippen molar-refractivity contribution in [3.8, 4) is 5.75 Å². The summed E-state index contributed by atoms with van der Waals surface area (Å²) in [6, 6.07) is 8.35. The average molecular weight is 254 g/mol. The topological polar surface area (TPSA) is 9.23 Å². The minimum absolute atomic E-state index is 0.350. The van der Waals surface area contributed by atoms with Crippen LogP contribution in [0.5, 0.6) is 5.75 Å². The predicted molar refractivity (Wildman–Crippen MR) is 80.2 cm³/mol. The lowest BCUT2D eigenvalue weighted by molar-refractivity contribution is 0.166. The summed E-state index contributed by atoms with van der Waals surface area (Å²) in [5.41, 5.74) is 1.22. The number of benzene rings is 1. The number of fused-ring (bicyclic) bond motifs is 1. The van der Waals surface area contributed by atoms with E-state index >= 15 is 0 Å². The molecule has 0 aromatic heterocycles. The van der Waals surface area contributed by atoms with Gasteiger partial charge < -0.3 is 4.74 Å². The van der Waals surface area contributed by atoms with E-state index in [0.717, 1.165) is 18.1 Å². The zero-order valence-electron chi connectivity index (χ0n) is 11.4. The van der Waals surface area contributed by atoms with E-state index in [-0.39, 0.29) is 0 Å². The lowest BCUT2D eigenvalue weighted by atomic mass is 9.92. The Morgan fingerprint density at radius 3 is 2.63 bits per heavy atom. The minimum Gasteiger partial charge on any atom is -0.489 e. The van der Waals surface area contributed by atoms with Gasteiger partial charge in [-0.2, -0.15) is 0 Å². The Bertz CT molecular complexity index is 462. The molecule has 1 atom stereocenters. The summed E-state index contributed by atoms with van der Waals surface area (Å²) in [6.45, 7) is 0. The molecule has 1 aliphatic heterocycles. The molecule has 1 heterocycles. The maximum absolute atomic E-state index is 6.22. The summed E-state index contributed by atoms with van der Waals surface area (Å²) < 4.78 is 6.22. The van der Waals surface area contributed by atoms with Crippen molar-refractivity contribution in [3.05, 3.63) is 48.1 Å². The summed E-state index contributed by atoms with van der Waals surface area (Å²) >= 11 is 0. The monoisotopic (exact) mass is 254 g/mol. The number of rotatable bonds is 2. The molecule has 0 fully saturated rings. The molecule has 1 heteroatoms. The molecule has 1 nitrogen and oxygen atoms in total. The maximum Gasteiger partial charge on any atom is 0.126 e. The van der Waals surface area contributed by atoms with E-state index in [1.165, 1.54) is 37.7 Å². The highest BCUT2D eigenvalue weighted by molar-refractivity contribution is 5.57. The normalized spacial score (nSPS) is 23.3. The summed E-state index contributed by atoms with van der Waals surface area (Å²) in [5, 5.41) is 0. The zero-order chi connectivity index (χ0) is 12.9. The third-order valence-corrected chi connectivity index (χ3v) is 4.16. The maximum atomic E-state index is 6.22. The van der Waals surface area contributed by atoms with Crippen LogP contribution in [-0.4, -0.2) is 6.10 Å². The fourth-order valence-electron chi connectivity index (χ4n) is 3.10. The van der Waals surface area contributed by atoms with Crippen molar-refractivity contribution in [2.24, 2.45) is 5.92 Å². The van der Waals surface area contributed by atoms with Gasteiger partial charge in [0.15, 0.2) is 0 Å². The number of allylic oxidation sites excluding steroid dienone is 2. The second-order valence-corrected chi connectivity index (χ2v) is 5.64. The van der Waals surface area contributed by atoms with Crippen LogP contribution in [0.3, 0.4) is 0 Å². The first kappa shape index (κ1) is 12.5. The molecule has 0 saturated heterocycles. The molecule has 1 aliphatic carbocycles. The van der Waals surface area contributed by atoms with Gasteiger partial charge in [-0.1, -0.05) is 42.5 Å². The van der Waals surface area contributed by atoms with Crippen molar-refractivity contribution < 1.29 is 4.74 Å². The Morgan fingerprint density at radius 1 is 1.00 bits per heavy atom. The quantitative estimate of drug-likeness (QED) is 0.676. The van der Waals surface area contributed by atoms with E-state index in [9.17, 15) is 0 Å². The van der Waals surface area contributed by atoms with Gasteiger partial charge in [0, 0.05) is 12.0 Å². The number of para-hydroxylation sites is 1. The van der Waals surface area contributed by atoms with Crippen molar-refractivity contribution in [1.82, 2.24) is 0 Å². The van der Waals surface area contributed by atoms with Crippen LogP contribution in [-0.2, 0) is 0 Å². The van der Waals surface area contributed by atoms with Crippen LogP contribution in [0.15, 0.2) is 42.5 Å². The first-order valence-electron chi connectivity index (χ1n) is 7.49. The van der Waals surface area contributed by atoms with E-state index in [0.29, 0.717) is 6.10 Å². The summed E-state index contributed by atoms with van der Waals surface area (Å²) in [5.74, 6) is 1.87. The van der Waals surface area contributed by atoms with E-state index < -0.39 is 0 Å². The van der Waals surface area contributed by atoms with E-state index in [1.54, 1.807) is 0 Å². The van der Waals surface area contributed by atoms with Crippen molar-refractivity contribution in [2.45, 2.75) is 44.6 Å². The second-order valence-electron chi connectivity index (χ2n) is 5.64. The Morgan fingerprint density at radius 2 is 1.79 bits per heavy atom. The first-order chi connectivity index (χ1) is 9.42. The van der Waals surface area contributed by atoms with Crippen LogP contribution >= 0.6 is 0 Å². The molecule has 3 rings (SSSR count). The number of ether oxygens (including phenoxy) is 1. The van der Waals surface area contributed by atoms with Crippen molar-refractivity contribution >= 4 is 6.08 Å². The van der Waals surface area contributed by atoms with Gasteiger partial charge >= 0.3 is 0 Å². The Hall–Kier alpha value is -1.50. The molecule has 1 aromatic rings. The molecule has 2 aliphatic rings. The van der Waals surface area contributed by atoms with Gasteiger partial charge in [-0.05, 0) is 44.1 Å². The molecular weight excluding hydrogens is 232 g/mol. The SMILES string of the molecule is C1=CCCC(CC2CC=Cc3ccccc3O2)CC1. The van der Waals surface area contributed by atoms with Crippen LogP contribution in [0.4, 0.5) is 0 Å². The molecule has 100 valence electrons. The first-order valence-corrected chi connectivity index (χ1v) is 7.49. The van der Waals surface area contributed by atoms with Crippen molar-refractivity contribution in [3.63, 3.8) is 0 Å². The number of hydrogen-bond donors (Lipinski definition) is 0. The Balaban J connectivity index is 1.65. The largest absolute Gasteiger partial charge is 0.489 e. The Kier molecular flexibility index (Phi) is 4.02. The van der Waals surface area contributed by atoms with Gasteiger partial charge in [-0.25, -0.2) is 0 Å². The fourth-order valence-corrected chi connectivity index (χ4v) is 3.10. The van der Waals surface area contributed by atoms with Gasteiger partial charge in [-0.3, -0.25) is 0 Å². The third kappa shape index (κ3) is 3.28. The Labute approximate surface area is 116 Å². The minimum atomic E-state index is 0.350. The summed E-state index contributed by atoms with van der Waals surface area (Å²) in [6.07, 6.45) is 16.8. The highest BCUT2D eigenvalue weighted by atomic mass is 16.5. The van der Waals surface area contributed by atoms with Crippen molar-refractivity contribution in [2.75, 3.05) is 0 Å². The fraction of sp³-hybridized carbons (Fsp3) is 0.444. The summed E-state index contributed by atoms with van der Waals surface area (Å²) in [4.78, 5) is 0. The molecule has 0 N–H and O–H groups in total. The second kappa shape index (κ2) is 6.10. The van der Waals surface area contributed by atoms with Crippen LogP contribution in [0.2, 0.25) is 0 Å². The van der Waals surface area contributed by atoms with Gasteiger partial charge in [0.2, 0.25) is 0 Å². The van der Waals surface area contributed by atoms with Crippen molar-refractivity contribution in [1.29, 1.82) is 0 Å². The zero-order valence-corrected chi connectivity index (χ0v) is 11.4. The van der Waals surface area contributed by atoms with E-state index in [2.05, 4.69) is 48.6 Å².